The maximum atomic E-state index is 14.2. The third-order valence-electron chi connectivity index (χ3n) is 9.22. The van der Waals surface area contributed by atoms with Crippen molar-refractivity contribution in [2.75, 3.05) is 6.61 Å². The number of epoxide rings is 1. The standard InChI is InChI=1S/C21H31FO4/c1-12(24)25-17-4-3-15-14-9-18-21(26-18)10-13(22)5-8-20(21,11-23)16(14)6-7-19(15,17)2/h13-18,23H,3-11H2,1-2H3/t13-,14-,15-,16-,17-,18+,19-,20-,21+/m0/s1. The van der Waals surface area contributed by atoms with Crippen LogP contribution in [0.15, 0.2) is 0 Å². The first-order chi connectivity index (χ1) is 12.4. The highest BCUT2D eigenvalue weighted by Crippen LogP contribution is 2.73. The zero-order valence-corrected chi connectivity index (χ0v) is 15.9. The molecule has 146 valence electrons. The van der Waals surface area contributed by atoms with Gasteiger partial charge in [-0.1, -0.05) is 6.92 Å². The Balaban J connectivity index is 1.47. The molecule has 5 rings (SSSR count). The molecule has 0 aromatic carbocycles. The molecular formula is C21H31FO4. The average Bonchev–Trinajstić information content (AvgIpc) is 3.19. The second-order valence-electron chi connectivity index (χ2n) is 9.98. The quantitative estimate of drug-likeness (QED) is 0.601. The second kappa shape index (κ2) is 5.44. The zero-order chi connectivity index (χ0) is 18.3. The number of hydrogen-bond donors (Lipinski definition) is 1. The molecule has 0 amide bonds. The summed E-state index contributed by atoms with van der Waals surface area (Å²) in [7, 11) is 0. The number of carbonyl (C=O) groups is 1. The van der Waals surface area contributed by atoms with Gasteiger partial charge in [0.05, 0.1) is 12.7 Å². The van der Waals surface area contributed by atoms with Gasteiger partial charge < -0.3 is 14.6 Å². The van der Waals surface area contributed by atoms with Gasteiger partial charge in [-0.05, 0) is 62.7 Å². The lowest BCUT2D eigenvalue weighted by molar-refractivity contribution is -0.164. The van der Waals surface area contributed by atoms with Crippen LogP contribution < -0.4 is 0 Å². The summed E-state index contributed by atoms with van der Waals surface area (Å²) in [6.45, 7) is 3.92. The van der Waals surface area contributed by atoms with Crippen LogP contribution in [0.25, 0.3) is 0 Å². The Kier molecular flexibility index (Phi) is 3.64. The van der Waals surface area contributed by atoms with Gasteiger partial charge in [0.2, 0.25) is 0 Å². The molecule has 5 fully saturated rings. The fourth-order valence-corrected chi connectivity index (χ4v) is 8.06. The number of aliphatic hydroxyl groups is 1. The van der Waals surface area contributed by atoms with E-state index in [1.54, 1.807) is 0 Å². The van der Waals surface area contributed by atoms with Crippen LogP contribution in [0.2, 0.25) is 0 Å². The first kappa shape index (κ1) is 17.4. The zero-order valence-electron chi connectivity index (χ0n) is 15.9. The largest absolute Gasteiger partial charge is 0.462 e. The Morgan fingerprint density at radius 3 is 2.77 bits per heavy atom. The Morgan fingerprint density at radius 1 is 1.23 bits per heavy atom. The maximum absolute atomic E-state index is 14.2. The minimum Gasteiger partial charge on any atom is -0.462 e. The lowest BCUT2D eigenvalue weighted by Gasteiger charge is -2.59. The first-order valence-electron chi connectivity index (χ1n) is 10.5. The molecule has 4 nitrogen and oxygen atoms in total. The molecule has 0 radical (unpaired) electrons. The van der Waals surface area contributed by atoms with E-state index >= 15 is 0 Å². The highest BCUT2D eigenvalue weighted by molar-refractivity contribution is 5.66. The van der Waals surface area contributed by atoms with Gasteiger partial charge in [0.1, 0.15) is 17.9 Å². The van der Waals surface area contributed by atoms with E-state index in [1.165, 1.54) is 6.92 Å². The number of carbonyl (C=O) groups excluding carboxylic acids is 1. The van der Waals surface area contributed by atoms with E-state index in [0.717, 1.165) is 38.5 Å². The summed E-state index contributed by atoms with van der Waals surface area (Å²) < 4.78 is 26.1. The predicted octanol–water partition coefficient (Wildman–Crippen LogP) is 3.40. The van der Waals surface area contributed by atoms with Crippen LogP contribution in [0.5, 0.6) is 0 Å². The van der Waals surface area contributed by atoms with Crippen LogP contribution in [0.1, 0.15) is 65.2 Å². The Labute approximate surface area is 154 Å². The first-order valence-corrected chi connectivity index (χ1v) is 10.5. The lowest BCUT2D eigenvalue weighted by Crippen LogP contribution is -2.61. The van der Waals surface area contributed by atoms with Gasteiger partial charge in [-0.2, -0.15) is 0 Å². The van der Waals surface area contributed by atoms with Crippen molar-refractivity contribution in [3.63, 3.8) is 0 Å². The molecule has 1 spiro atoms. The highest BCUT2D eigenvalue weighted by atomic mass is 19.1. The third kappa shape index (κ3) is 1.99. The summed E-state index contributed by atoms with van der Waals surface area (Å²) in [5.74, 6) is 1.24. The fourth-order valence-electron chi connectivity index (χ4n) is 8.06. The van der Waals surface area contributed by atoms with Crippen molar-refractivity contribution in [2.24, 2.45) is 28.6 Å². The molecule has 0 unspecified atom stereocenters. The molecule has 1 heterocycles. The molecule has 0 aromatic heterocycles. The van der Waals surface area contributed by atoms with Crippen molar-refractivity contribution in [3.05, 3.63) is 0 Å². The molecule has 1 saturated heterocycles. The van der Waals surface area contributed by atoms with E-state index in [4.69, 9.17) is 9.47 Å². The van der Waals surface area contributed by atoms with Crippen LogP contribution in [0.3, 0.4) is 0 Å². The van der Waals surface area contributed by atoms with Crippen molar-refractivity contribution in [2.45, 2.75) is 89.2 Å². The smallest absolute Gasteiger partial charge is 0.302 e. The van der Waals surface area contributed by atoms with Crippen LogP contribution in [-0.4, -0.2) is 41.7 Å². The molecule has 9 atom stereocenters. The summed E-state index contributed by atoms with van der Waals surface area (Å²) >= 11 is 0. The second-order valence-corrected chi connectivity index (χ2v) is 9.98. The van der Waals surface area contributed by atoms with Gasteiger partial charge in [-0.15, -0.1) is 0 Å². The van der Waals surface area contributed by atoms with Gasteiger partial charge in [0.25, 0.3) is 0 Å². The van der Waals surface area contributed by atoms with Crippen molar-refractivity contribution < 1.29 is 23.8 Å². The lowest BCUT2D eigenvalue weighted by atomic mass is 9.44. The molecule has 4 aliphatic carbocycles. The molecule has 5 aliphatic rings. The van der Waals surface area contributed by atoms with Gasteiger partial charge in [0, 0.05) is 24.2 Å². The molecule has 4 saturated carbocycles. The van der Waals surface area contributed by atoms with Crippen LogP contribution in [-0.2, 0) is 14.3 Å². The molecule has 1 aliphatic heterocycles. The van der Waals surface area contributed by atoms with Gasteiger partial charge in [0.15, 0.2) is 0 Å². The number of fused-ring (bicyclic) bond motifs is 4. The summed E-state index contributed by atoms with van der Waals surface area (Å²) in [5.41, 5.74) is -0.623. The number of rotatable bonds is 2. The molecule has 0 aromatic rings. The van der Waals surface area contributed by atoms with Gasteiger partial charge in [-0.25, -0.2) is 4.39 Å². The van der Waals surface area contributed by atoms with Crippen molar-refractivity contribution in [1.29, 1.82) is 0 Å². The Hall–Kier alpha value is -0.680. The summed E-state index contributed by atoms with van der Waals surface area (Å²) in [6.07, 6.45) is 6.20. The number of esters is 1. The molecule has 1 N–H and O–H groups in total. The normalized spacial score (nSPS) is 57.4. The van der Waals surface area contributed by atoms with E-state index in [9.17, 15) is 14.3 Å². The SMILES string of the molecule is CC(=O)O[C@H]1CC[C@H]2[C@@H]3C[C@H]4O[C@]45C[C@@H](F)CC[C@]5(CO)[C@H]3CC[C@]12C. The number of alkyl halides is 1. The summed E-state index contributed by atoms with van der Waals surface area (Å²) in [6, 6.07) is 0. The van der Waals surface area contributed by atoms with Crippen molar-refractivity contribution in [1.82, 2.24) is 0 Å². The third-order valence-corrected chi connectivity index (χ3v) is 9.22. The maximum Gasteiger partial charge on any atom is 0.302 e. The molecule has 26 heavy (non-hydrogen) atoms. The van der Waals surface area contributed by atoms with E-state index in [2.05, 4.69) is 6.92 Å². The van der Waals surface area contributed by atoms with E-state index in [-0.39, 0.29) is 35.6 Å². The average molecular weight is 366 g/mol. The molecule has 5 heteroatoms. The van der Waals surface area contributed by atoms with Crippen LogP contribution in [0.4, 0.5) is 4.39 Å². The number of hydrogen-bond acceptors (Lipinski definition) is 4. The van der Waals surface area contributed by atoms with Crippen LogP contribution >= 0.6 is 0 Å². The number of halogens is 1. The number of aliphatic hydroxyl groups excluding tert-OH is 1. The fraction of sp³-hybridized carbons (Fsp3) is 0.952. The summed E-state index contributed by atoms with van der Waals surface area (Å²) in [5, 5.41) is 10.5. The van der Waals surface area contributed by atoms with Gasteiger partial charge >= 0.3 is 5.97 Å². The monoisotopic (exact) mass is 366 g/mol. The van der Waals surface area contributed by atoms with E-state index in [0.29, 0.717) is 30.6 Å². The number of ether oxygens (including phenoxy) is 2. The predicted molar refractivity (Wildman–Crippen MR) is 93.1 cm³/mol. The highest BCUT2D eigenvalue weighted by Gasteiger charge is 2.77. The molecule has 0 bridgehead atoms. The van der Waals surface area contributed by atoms with E-state index in [1.807, 2.05) is 0 Å². The Bertz CT molecular complexity index is 625. The van der Waals surface area contributed by atoms with E-state index < -0.39 is 11.8 Å². The topological polar surface area (TPSA) is 59.1 Å². The van der Waals surface area contributed by atoms with Gasteiger partial charge in [-0.3, -0.25) is 4.79 Å². The minimum atomic E-state index is -0.787. The van der Waals surface area contributed by atoms with Crippen molar-refractivity contribution in [3.8, 4) is 0 Å². The minimum absolute atomic E-state index is 0.0180. The molecular weight excluding hydrogens is 335 g/mol. The van der Waals surface area contributed by atoms with Crippen LogP contribution in [0, 0.1) is 28.6 Å². The summed E-state index contributed by atoms with van der Waals surface area (Å²) in [4.78, 5) is 11.6. The Morgan fingerprint density at radius 2 is 2.04 bits per heavy atom. The van der Waals surface area contributed by atoms with Crippen molar-refractivity contribution >= 4 is 5.97 Å².